The third kappa shape index (κ3) is 2.78. The second-order valence-electron chi connectivity index (χ2n) is 4.01. The van der Waals surface area contributed by atoms with Gasteiger partial charge in [0.25, 0.3) is 0 Å². The summed E-state index contributed by atoms with van der Waals surface area (Å²) in [7, 11) is 1.84. The number of rotatable bonds is 3. The van der Waals surface area contributed by atoms with Crippen molar-refractivity contribution in [2.45, 2.75) is 13.5 Å². The summed E-state index contributed by atoms with van der Waals surface area (Å²) in [6, 6.07) is 6.72. The van der Waals surface area contributed by atoms with E-state index in [4.69, 9.17) is 0 Å². The molecule has 0 aliphatic carbocycles. The van der Waals surface area contributed by atoms with E-state index in [0.717, 1.165) is 5.56 Å². The Morgan fingerprint density at radius 2 is 1.82 bits per heavy atom. The van der Waals surface area contributed by atoms with Crippen LogP contribution in [0.2, 0.25) is 0 Å². The summed E-state index contributed by atoms with van der Waals surface area (Å²) in [6.07, 6.45) is 3.50. The van der Waals surface area contributed by atoms with E-state index in [1.807, 2.05) is 24.9 Å². The molecule has 2 aromatic rings. The highest BCUT2D eigenvalue weighted by molar-refractivity contribution is 5.31. The zero-order valence-corrected chi connectivity index (χ0v) is 9.89. The molecule has 0 bridgehead atoms. The molecule has 0 saturated carbocycles. The summed E-state index contributed by atoms with van der Waals surface area (Å²) >= 11 is 0. The van der Waals surface area contributed by atoms with Crippen LogP contribution in [-0.4, -0.2) is 17.0 Å². The number of nitrogens with zero attached hydrogens (tertiary/aromatic N) is 3. The largest absolute Gasteiger partial charge is 0.339 e. The van der Waals surface area contributed by atoms with Crippen LogP contribution < -0.4 is 4.90 Å². The second kappa shape index (κ2) is 4.91. The van der Waals surface area contributed by atoms with Crippen molar-refractivity contribution in [2.75, 3.05) is 11.9 Å². The van der Waals surface area contributed by atoms with Crippen LogP contribution in [0.3, 0.4) is 0 Å². The van der Waals surface area contributed by atoms with Gasteiger partial charge in [0, 0.05) is 31.5 Å². The highest BCUT2D eigenvalue weighted by Gasteiger charge is 2.07. The van der Waals surface area contributed by atoms with Gasteiger partial charge in [0.05, 0.1) is 0 Å². The van der Waals surface area contributed by atoms with Gasteiger partial charge >= 0.3 is 0 Å². The minimum absolute atomic E-state index is 0.202. The van der Waals surface area contributed by atoms with E-state index in [9.17, 15) is 4.39 Å². The van der Waals surface area contributed by atoms with Gasteiger partial charge in [0.15, 0.2) is 0 Å². The number of aryl methyl sites for hydroxylation is 1. The highest BCUT2D eigenvalue weighted by atomic mass is 19.1. The molecular formula is C13H14FN3. The van der Waals surface area contributed by atoms with Crippen molar-refractivity contribution in [2.24, 2.45) is 0 Å². The van der Waals surface area contributed by atoms with Gasteiger partial charge in [-0.3, -0.25) is 0 Å². The summed E-state index contributed by atoms with van der Waals surface area (Å²) in [4.78, 5) is 10.2. The lowest BCUT2D eigenvalue weighted by Gasteiger charge is -2.17. The molecule has 0 radical (unpaired) electrons. The van der Waals surface area contributed by atoms with Gasteiger partial charge in [0.2, 0.25) is 5.95 Å². The molecule has 0 unspecified atom stereocenters. The predicted octanol–water partition coefficient (Wildman–Crippen LogP) is 2.56. The molecule has 1 aromatic carbocycles. The molecule has 0 atom stereocenters. The maximum Gasteiger partial charge on any atom is 0.225 e. The van der Waals surface area contributed by atoms with Crippen molar-refractivity contribution in [3.05, 3.63) is 53.6 Å². The zero-order chi connectivity index (χ0) is 12.3. The van der Waals surface area contributed by atoms with Crippen LogP contribution >= 0.6 is 0 Å². The maximum absolute atomic E-state index is 13.5. The van der Waals surface area contributed by atoms with Crippen molar-refractivity contribution >= 4 is 5.95 Å². The Labute approximate surface area is 99.9 Å². The predicted molar refractivity (Wildman–Crippen MR) is 65.3 cm³/mol. The zero-order valence-electron chi connectivity index (χ0n) is 9.89. The van der Waals surface area contributed by atoms with E-state index in [0.29, 0.717) is 18.1 Å². The van der Waals surface area contributed by atoms with Gasteiger partial charge in [-0.2, -0.15) is 0 Å². The smallest absolute Gasteiger partial charge is 0.225 e. The van der Waals surface area contributed by atoms with E-state index >= 15 is 0 Å². The topological polar surface area (TPSA) is 29.0 Å². The molecule has 88 valence electrons. The number of anilines is 1. The average Bonchev–Trinajstić information content (AvgIpc) is 2.33. The van der Waals surface area contributed by atoms with Gasteiger partial charge in [-0.1, -0.05) is 18.2 Å². The minimum Gasteiger partial charge on any atom is -0.339 e. The fraction of sp³-hybridized carbons (Fsp3) is 0.231. The lowest BCUT2D eigenvalue weighted by molar-refractivity contribution is 0.607. The summed E-state index contributed by atoms with van der Waals surface area (Å²) in [6.45, 7) is 2.39. The fourth-order valence-corrected chi connectivity index (χ4v) is 1.54. The molecule has 3 nitrogen and oxygen atoms in total. The highest BCUT2D eigenvalue weighted by Crippen LogP contribution is 2.12. The molecule has 0 N–H and O–H groups in total. The lowest BCUT2D eigenvalue weighted by Crippen LogP contribution is -2.19. The molecule has 0 spiro atoms. The summed E-state index contributed by atoms with van der Waals surface area (Å²) in [5.41, 5.74) is 1.65. The van der Waals surface area contributed by atoms with Gasteiger partial charge < -0.3 is 4.90 Å². The SMILES string of the molecule is Cc1cnc(N(C)Cc2ccccc2F)nc1. The third-order valence-corrected chi connectivity index (χ3v) is 2.47. The number of aromatic nitrogens is 2. The summed E-state index contributed by atoms with van der Waals surface area (Å²) < 4.78 is 13.5. The molecule has 1 heterocycles. The van der Waals surface area contributed by atoms with Crippen molar-refractivity contribution < 1.29 is 4.39 Å². The van der Waals surface area contributed by atoms with E-state index in [-0.39, 0.29) is 5.82 Å². The summed E-state index contributed by atoms with van der Waals surface area (Å²) in [5.74, 6) is 0.394. The second-order valence-corrected chi connectivity index (χ2v) is 4.01. The van der Waals surface area contributed by atoms with Gasteiger partial charge in [-0.25, -0.2) is 14.4 Å². The van der Waals surface area contributed by atoms with Crippen LogP contribution in [0.5, 0.6) is 0 Å². The number of hydrogen-bond donors (Lipinski definition) is 0. The molecule has 4 heteroatoms. The summed E-state index contributed by atoms with van der Waals surface area (Å²) in [5, 5.41) is 0. The van der Waals surface area contributed by atoms with E-state index in [1.165, 1.54) is 6.07 Å². The van der Waals surface area contributed by atoms with Crippen molar-refractivity contribution in [1.82, 2.24) is 9.97 Å². The quantitative estimate of drug-likeness (QED) is 0.813. The number of halogens is 1. The normalized spacial score (nSPS) is 10.3. The number of hydrogen-bond acceptors (Lipinski definition) is 3. The Morgan fingerprint density at radius 1 is 1.18 bits per heavy atom. The lowest BCUT2D eigenvalue weighted by atomic mass is 10.2. The first-order chi connectivity index (χ1) is 8.16. The molecule has 0 aliphatic heterocycles. The van der Waals surface area contributed by atoms with Gasteiger partial charge in [-0.15, -0.1) is 0 Å². The molecule has 1 aromatic heterocycles. The Hall–Kier alpha value is -1.97. The first-order valence-electron chi connectivity index (χ1n) is 5.40. The standard InChI is InChI=1S/C13H14FN3/c1-10-7-15-13(16-8-10)17(2)9-11-5-3-4-6-12(11)14/h3-8H,9H2,1-2H3. The van der Waals surface area contributed by atoms with Crippen LogP contribution in [-0.2, 0) is 6.54 Å². The number of benzene rings is 1. The average molecular weight is 231 g/mol. The van der Waals surface area contributed by atoms with Crippen molar-refractivity contribution in [3.8, 4) is 0 Å². The van der Waals surface area contributed by atoms with Gasteiger partial charge in [0.1, 0.15) is 5.82 Å². The molecule has 2 rings (SSSR count). The Morgan fingerprint density at radius 3 is 2.47 bits per heavy atom. The first-order valence-corrected chi connectivity index (χ1v) is 5.40. The third-order valence-electron chi connectivity index (χ3n) is 2.47. The Bertz CT molecular complexity index is 496. The Kier molecular flexibility index (Phi) is 3.32. The van der Waals surface area contributed by atoms with Crippen LogP contribution in [0.4, 0.5) is 10.3 Å². The van der Waals surface area contributed by atoms with E-state index in [2.05, 4.69) is 9.97 Å². The molecular weight excluding hydrogens is 217 g/mol. The van der Waals surface area contributed by atoms with Crippen LogP contribution in [0.25, 0.3) is 0 Å². The molecule has 0 amide bonds. The molecule has 17 heavy (non-hydrogen) atoms. The van der Waals surface area contributed by atoms with Gasteiger partial charge in [-0.05, 0) is 18.6 Å². The monoisotopic (exact) mass is 231 g/mol. The van der Waals surface area contributed by atoms with E-state index in [1.54, 1.807) is 24.5 Å². The van der Waals surface area contributed by atoms with Crippen LogP contribution in [0, 0.1) is 12.7 Å². The van der Waals surface area contributed by atoms with Crippen molar-refractivity contribution in [1.29, 1.82) is 0 Å². The Balaban J connectivity index is 2.14. The van der Waals surface area contributed by atoms with E-state index < -0.39 is 0 Å². The first kappa shape index (κ1) is 11.5. The maximum atomic E-state index is 13.5. The molecule has 0 saturated heterocycles. The minimum atomic E-state index is -0.202. The molecule has 0 fully saturated rings. The van der Waals surface area contributed by atoms with Crippen LogP contribution in [0.1, 0.15) is 11.1 Å². The van der Waals surface area contributed by atoms with Crippen LogP contribution in [0.15, 0.2) is 36.7 Å². The fourth-order valence-electron chi connectivity index (χ4n) is 1.54. The molecule has 0 aliphatic rings. The van der Waals surface area contributed by atoms with Crippen molar-refractivity contribution in [3.63, 3.8) is 0 Å².